The molecule has 0 amide bonds. The zero-order valence-corrected chi connectivity index (χ0v) is 15.7. The topological polar surface area (TPSA) is 41.6 Å². The van der Waals surface area contributed by atoms with Crippen molar-refractivity contribution in [1.82, 2.24) is 0 Å². The molecule has 0 fully saturated rings. The lowest BCUT2D eigenvalue weighted by atomic mass is 10.0. The van der Waals surface area contributed by atoms with E-state index in [9.17, 15) is 0 Å². The summed E-state index contributed by atoms with van der Waals surface area (Å²) in [6, 6.07) is 19.3. The van der Waals surface area contributed by atoms with Crippen LogP contribution in [0.2, 0.25) is 0 Å². The number of benzene rings is 3. The Morgan fingerprint density at radius 1 is 1.04 bits per heavy atom. The second-order valence-electron chi connectivity index (χ2n) is 7.36. The number of hydrogen-bond donors (Lipinski definition) is 1. The fraction of sp³-hybridized carbons (Fsp3) is 0.261. The summed E-state index contributed by atoms with van der Waals surface area (Å²) in [6.45, 7) is 4.40. The van der Waals surface area contributed by atoms with Crippen LogP contribution in [0.1, 0.15) is 36.5 Å². The number of nitrogens with zero attached hydrogens (tertiary/aromatic N) is 2. The molecule has 0 bridgehead atoms. The van der Waals surface area contributed by atoms with Gasteiger partial charge in [-0.1, -0.05) is 50.2 Å². The average molecular weight is 343 g/mol. The van der Waals surface area contributed by atoms with E-state index in [0.717, 1.165) is 24.2 Å². The first-order valence-corrected chi connectivity index (χ1v) is 9.26. The molecule has 2 N–H and O–H groups in total. The van der Waals surface area contributed by atoms with Crippen molar-refractivity contribution in [2.45, 2.75) is 32.6 Å². The van der Waals surface area contributed by atoms with Crippen LogP contribution in [0.5, 0.6) is 0 Å². The number of aryl methyl sites for hydroxylation is 2. The molecule has 1 aliphatic carbocycles. The summed E-state index contributed by atoms with van der Waals surface area (Å²) in [5, 5.41) is 2.66. The van der Waals surface area contributed by atoms with Gasteiger partial charge in [-0.15, -0.1) is 0 Å². The molecule has 0 spiro atoms. The quantitative estimate of drug-likeness (QED) is 0.528. The molecule has 0 atom stereocenters. The summed E-state index contributed by atoms with van der Waals surface area (Å²) in [5.74, 6) is 1.01. The molecule has 0 unspecified atom stereocenters. The minimum atomic E-state index is 0.487. The van der Waals surface area contributed by atoms with Crippen LogP contribution in [0.4, 0.5) is 11.4 Å². The van der Waals surface area contributed by atoms with Crippen molar-refractivity contribution >= 4 is 28.1 Å². The van der Waals surface area contributed by atoms with Crippen LogP contribution in [-0.2, 0) is 12.8 Å². The lowest BCUT2D eigenvalue weighted by Crippen LogP contribution is -2.33. The van der Waals surface area contributed by atoms with Gasteiger partial charge in [-0.2, -0.15) is 0 Å². The van der Waals surface area contributed by atoms with E-state index < -0.39 is 0 Å². The number of guanidine groups is 1. The summed E-state index contributed by atoms with van der Waals surface area (Å²) in [4.78, 5) is 6.75. The van der Waals surface area contributed by atoms with Crippen molar-refractivity contribution in [1.29, 1.82) is 0 Å². The van der Waals surface area contributed by atoms with Gasteiger partial charge in [-0.05, 0) is 64.4 Å². The van der Waals surface area contributed by atoms with E-state index >= 15 is 0 Å². The van der Waals surface area contributed by atoms with Gasteiger partial charge in [0.05, 0.1) is 5.69 Å². The highest BCUT2D eigenvalue weighted by Gasteiger charge is 2.18. The van der Waals surface area contributed by atoms with E-state index in [2.05, 4.69) is 68.4 Å². The normalized spacial score (nSPS) is 13.6. The molecule has 4 rings (SSSR count). The van der Waals surface area contributed by atoms with Crippen LogP contribution < -0.4 is 10.6 Å². The van der Waals surface area contributed by atoms with Crippen LogP contribution in [-0.4, -0.2) is 13.0 Å². The molecule has 3 aromatic rings. The lowest BCUT2D eigenvalue weighted by molar-refractivity contribution is 0.866. The summed E-state index contributed by atoms with van der Waals surface area (Å²) < 4.78 is 0. The third-order valence-corrected chi connectivity index (χ3v) is 5.36. The molecule has 0 aliphatic heterocycles. The molecule has 1 aliphatic rings. The van der Waals surface area contributed by atoms with Gasteiger partial charge in [0.2, 0.25) is 5.96 Å². The summed E-state index contributed by atoms with van der Waals surface area (Å²) in [7, 11) is 1.98. The van der Waals surface area contributed by atoms with Crippen LogP contribution in [0.15, 0.2) is 59.6 Å². The monoisotopic (exact) mass is 343 g/mol. The predicted molar refractivity (Wildman–Crippen MR) is 112 cm³/mol. The zero-order valence-electron chi connectivity index (χ0n) is 15.7. The minimum absolute atomic E-state index is 0.487. The van der Waals surface area contributed by atoms with Crippen LogP contribution in [0, 0.1) is 0 Å². The molecular formula is C23H25N3. The first-order valence-electron chi connectivity index (χ1n) is 9.26. The molecular weight excluding hydrogens is 318 g/mol. The smallest absolute Gasteiger partial charge is 0.200 e. The number of rotatable bonds is 3. The summed E-state index contributed by atoms with van der Waals surface area (Å²) in [6.07, 6.45) is 2.13. The maximum absolute atomic E-state index is 6.37. The minimum Gasteiger partial charge on any atom is -0.369 e. The van der Waals surface area contributed by atoms with Crippen LogP contribution >= 0.6 is 0 Å². The Morgan fingerprint density at radius 2 is 1.85 bits per heavy atom. The molecule has 0 saturated heterocycles. The van der Waals surface area contributed by atoms with Gasteiger partial charge >= 0.3 is 0 Å². The Balaban J connectivity index is 1.71. The number of aliphatic imine (C=N–C) groups is 1. The predicted octanol–water partition coefficient (Wildman–Crippen LogP) is 5.14. The van der Waals surface area contributed by atoms with Crippen molar-refractivity contribution in [2.75, 3.05) is 11.9 Å². The summed E-state index contributed by atoms with van der Waals surface area (Å²) >= 11 is 0. The van der Waals surface area contributed by atoms with Gasteiger partial charge in [-0.3, -0.25) is 0 Å². The molecule has 0 radical (unpaired) electrons. The first-order chi connectivity index (χ1) is 12.5. The van der Waals surface area contributed by atoms with Crippen molar-refractivity contribution in [3.63, 3.8) is 0 Å². The summed E-state index contributed by atoms with van der Waals surface area (Å²) in [5.41, 5.74) is 12.5. The van der Waals surface area contributed by atoms with Gasteiger partial charge in [0.1, 0.15) is 0 Å². The highest BCUT2D eigenvalue weighted by atomic mass is 15.2. The Bertz CT molecular complexity index is 1000. The number of hydrogen-bond acceptors (Lipinski definition) is 1. The maximum Gasteiger partial charge on any atom is 0.200 e. The molecule has 132 valence electrons. The van der Waals surface area contributed by atoms with Gasteiger partial charge in [-0.25, -0.2) is 4.99 Å². The van der Waals surface area contributed by atoms with E-state index in [4.69, 9.17) is 10.7 Å². The zero-order chi connectivity index (χ0) is 18.3. The second-order valence-corrected chi connectivity index (χ2v) is 7.36. The largest absolute Gasteiger partial charge is 0.369 e. The molecule has 3 nitrogen and oxygen atoms in total. The van der Waals surface area contributed by atoms with E-state index in [0.29, 0.717) is 11.9 Å². The Morgan fingerprint density at radius 3 is 2.65 bits per heavy atom. The standard InChI is InChI=1S/C23H25N3/c1-15(2)18-8-5-9-19(14-18)26(3)23(24)25-21-13-11-17-7-4-6-16-10-12-20(21)22(16)17/h4-9,11,13-15H,10,12H2,1-3H3,(H2,24,25). The van der Waals surface area contributed by atoms with Crippen molar-refractivity contribution in [3.05, 3.63) is 71.3 Å². The van der Waals surface area contributed by atoms with E-state index in [-0.39, 0.29) is 0 Å². The Hall–Kier alpha value is -2.81. The molecule has 0 heterocycles. The van der Waals surface area contributed by atoms with Gasteiger partial charge in [0.25, 0.3) is 0 Å². The third-order valence-electron chi connectivity index (χ3n) is 5.36. The molecule has 26 heavy (non-hydrogen) atoms. The third kappa shape index (κ3) is 2.84. The number of nitrogens with two attached hydrogens (primary N) is 1. The van der Waals surface area contributed by atoms with Gasteiger partial charge < -0.3 is 10.6 Å². The van der Waals surface area contributed by atoms with Crippen LogP contribution in [0.25, 0.3) is 10.8 Å². The van der Waals surface area contributed by atoms with E-state index in [1.807, 2.05) is 11.9 Å². The lowest BCUT2D eigenvalue weighted by Gasteiger charge is -2.20. The maximum atomic E-state index is 6.37. The Labute approximate surface area is 155 Å². The van der Waals surface area contributed by atoms with Crippen molar-refractivity contribution in [2.24, 2.45) is 10.7 Å². The van der Waals surface area contributed by atoms with Gasteiger partial charge in [0, 0.05) is 12.7 Å². The fourth-order valence-electron chi connectivity index (χ4n) is 3.77. The van der Waals surface area contributed by atoms with Gasteiger partial charge in [0.15, 0.2) is 0 Å². The second kappa shape index (κ2) is 6.49. The SMILES string of the molecule is CC(C)c1cccc(N(C)C(N)=Nc2ccc3cccc4c3c2CC4)c1. The molecule has 3 heteroatoms. The molecule has 3 aromatic carbocycles. The Kier molecular flexibility index (Phi) is 4.15. The number of anilines is 1. The molecule has 0 aromatic heterocycles. The van der Waals surface area contributed by atoms with E-state index in [1.54, 1.807) is 0 Å². The highest BCUT2D eigenvalue weighted by molar-refractivity contribution is 5.99. The fourth-order valence-corrected chi connectivity index (χ4v) is 3.77. The van der Waals surface area contributed by atoms with Crippen molar-refractivity contribution in [3.8, 4) is 0 Å². The average Bonchev–Trinajstić information content (AvgIpc) is 3.09. The highest BCUT2D eigenvalue weighted by Crippen LogP contribution is 2.37. The first kappa shape index (κ1) is 16.6. The van der Waals surface area contributed by atoms with E-state index in [1.165, 1.54) is 27.5 Å². The molecule has 0 saturated carbocycles. The van der Waals surface area contributed by atoms with Crippen molar-refractivity contribution < 1.29 is 0 Å². The van der Waals surface area contributed by atoms with Crippen LogP contribution in [0.3, 0.4) is 0 Å².